The van der Waals surface area contributed by atoms with Gasteiger partial charge in [-0.1, -0.05) is 37.6 Å². The fourth-order valence-electron chi connectivity index (χ4n) is 3.44. The number of nitrogens with zero attached hydrogens (tertiary/aromatic N) is 1. The Bertz CT molecular complexity index is 665. The molecule has 0 saturated carbocycles. The van der Waals surface area contributed by atoms with Gasteiger partial charge in [0.15, 0.2) is 0 Å². The Morgan fingerprint density at radius 3 is 2.71 bits per heavy atom. The van der Waals surface area contributed by atoms with Crippen molar-refractivity contribution in [2.75, 3.05) is 18.0 Å². The van der Waals surface area contributed by atoms with Gasteiger partial charge in [-0.05, 0) is 36.3 Å². The fourth-order valence-corrected chi connectivity index (χ4v) is 3.44. The second kappa shape index (κ2) is 5.76. The van der Waals surface area contributed by atoms with Gasteiger partial charge in [0.05, 0.1) is 5.56 Å². The van der Waals surface area contributed by atoms with Gasteiger partial charge in [0, 0.05) is 24.2 Å². The van der Waals surface area contributed by atoms with Crippen molar-refractivity contribution in [1.29, 1.82) is 0 Å². The third-order valence-electron chi connectivity index (χ3n) is 4.45. The second-order valence-corrected chi connectivity index (χ2v) is 5.87. The van der Waals surface area contributed by atoms with Gasteiger partial charge in [-0.25, -0.2) is 4.79 Å². The summed E-state index contributed by atoms with van der Waals surface area (Å²) in [6.07, 6.45) is 3.75. The molecule has 0 radical (unpaired) electrons. The first-order valence-electron chi connectivity index (χ1n) is 7.70. The van der Waals surface area contributed by atoms with E-state index in [0.717, 1.165) is 29.8 Å². The van der Waals surface area contributed by atoms with Gasteiger partial charge in [-0.3, -0.25) is 0 Å². The molecule has 0 amide bonds. The van der Waals surface area contributed by atoms with Crippen LogP contribution in [0.5, 0.6) is 0 Å². The molecule has 1 unspecified atom stereocenters. The number of carbonyl (C=O) groups is 1. The maximum absolute atomic E-state index is 11.4. The van der Waals surface area contributed by atoms with Gasteiger partial charge < -0.3 is 10.0 Å². The van der Waals surface area contributed by atoms with Crippen molar-refractivity contribution in [3.8, 4) is 0 Å². The first kappa shape index (κ1) is 13.9. The summed E-state index contributed by atoms with van der Waals surface area (Å²) in [4.78, 5) is 13.8. The summed E-state index contributed by atoms with van der Waals surface area (Å²) in [6, 6.07) is 11.5. The van der Waals surface area contributed by atoms with Crippen molar-refractivity contribution < 1.29 is 9.90 Å². The normalized spacial score (nSPS) is 18.3. The van der Waals surface area contributed by atoms with Crippen LogP contribution in [0.1, 0.15) is 36.5 Å². The molecule has 1 saturated heterocycles. The number of carboxylic acids is 1. The summed E-state index contributed by atoms with van der Waals surface area (Å²) in [5.41, 5.74) is 1.56. The molecule has 0 bridgehead atoms. The van der Waals surface area contributed by atoms with Gasteiger partial charge in [0.25, 0.3) is 0 Å². The maximum Gasteiger partial charge on any atom is 0.336 e. The third kappa shape index (κ3) is 2.60. The van der Waals surface area contributed by atoms with Gasteiger partial charge in [-0.15, -0.1) is 0 Å². The molecule has 110 valence electrons. The van der Waals surface area contributed by atoms with E-state index in [4.69, 9.17) is 0 Å². The van der Waals surface area contributed by atoms with Crippen LogP contribution in [0.3, 0.4) is 0 Å². The molecule has 1 N–H and O–H groups in total. The second-order valence-electron chi connectivity index (χ2n) is 5.87. The molecule has 0 spiro atoms. The van der Waals surface area contributed by atoms with Gasteiger partial charge >= 0.3 is 5.97 Å². The molecule has 0 aromatic heterocycles. The zero-order chi connectivity index (χ0) is 14.8. The van der Waals surface area contributed by atoms with Crippen LogP contribution in [0.2, 0.25) is 0 Å². The number of aromatic carboxylic acids is 1. The summed E-state index contributed by atoms with van der Waals surface area (Å²) >= 11 is 0. The van der Waals surface area contributed by atoms with Crippen LogP contribution >= 0.6 is 0 Å². The zero-order valence-electron chi connectivity index (χ0n) is 12.4. The van der Waals surface area contributed by atoms with Crippen molar-refractivity contribution in [1.82, 2.24) is 0 Å². The maximum atomic E-state index is 11.4. The van der Waals surface area contributed by atoms with E-state index in [0.29, 0.717) is 5.56 Å². The molecular weight excluding hydrogens is 262 g/mol. The molecule has 1 heterocycles. The molecule has 1 aliphatic rings. The number of hydrogen-bond donors (Lipinski definition) is 1. The fraction of sp³-hybridized carbons (Fsp3) is 0.389. The monoisotopic (exact) mass is 283 g/mol. The minimum atomic E-state index is -0.858. The minimum Gasteiger partial charge on any atom is -0.478 e. The lowest BCUT2D eigenvalue weighted by atomic mass is 10.0. The van der Waals surface area contributed by atoms with E-state index in [-0.39, 0.29) is 0 Å². The van der Waals surface area contributed by atoms with Crippen LogP contribution in [-0.2, 0) is 0 Å². The van der Waals surface area contributed by atoms with E-state index >= 15 is 0 Å². The van der Waals surface area contributed by atoms with Crippen molar-refractivity contribution >= 4 is 22.4 Å². The lowest BCUT2D eigenvalue weighted by Crippen LogP contribution is -2.20. The lowest BCUT2D eigenvalue weighted by molar-refractivity contribution is 0.0699. The summed E-state index contributed by atoms with van der Waals surface area (Å²) < 4.78 is 0. The van der Waals surface area contributed by atoms with Crippen LogP contribution in [0.4, 0.5) is 5.69 Å². The molecule has 1 fully saturated rings. The van der Waals surface area contributed by atoms with Crippen LogP contribution in [0, 0.1) is 5.92 Å². The van der Waals surface area contributed by atoms with Gasteiger partial charge in [0.1, 0.15) is 0 Å². The largest absolute Gasteiger partial charge is 0.478 e. The Balaban J connectivity index is 2.01. The predicted molar refractivity (Wildman–Crippen MR) is 86.1 cm³/mol. The predicted octanol–water partition coefficient (Wildman–Crippen LogP) is 4.16. The van der Waals surface area contributed by atoms with Crippen LogP contribution in [0.25, 0.3) is 10.8 Å². The van der Waals surface area contributed by atoms with E-state index in [9.17, 15) is 9.90 Å². The molecule has 21 heavy (non-hydrogen) atoms. The van der Waals surface area contributed by atoms with Crippen molar-refractivity contribution in [3.63, 3.8) is 0 Å². The third-order valence-corrected chi connectivity index (χ3v) is 4.45. The van der Waals surface area contributed by atoms with E-state index in [1.165, 1.54) is 24.9 Å². The number of fused-ring (bicyclic) bond motifs is 1. The number of carboxylic acid groups (broad SMARTS) is 1. The van der Waals surface area contributed by atoms with E-state index in [2.05, 4.69) is 11.8 Å². The Labute approximate surface area is 125 Å². The molecule has 2 aromatic carbocycles. The summed E-state index contributed by atoms with van der Waals surface area (Å²) in [7, 11) is 0. The quantitative estimate of drug-likeness (QED) is 0.915. The van der Waals surface area contributed by atoms with Crippen molar-refractivity contribution in [2.45, 2.75) is 26.2 Å². The minimum absolute atomic E-state index is 0.388. The van der Waals surface area contributed by atoms with Crippen LogP contribution in [0.15, 0.2) is 36.4 Å². The summed E-state index contributed by atoms with van der Waals surface area (Å²) in [5, 5.41) is 11.2. The number of anilines is 1. The standard InChI is InChI=1S/C18H21NO2/c1-2-5-13-10-11-19(12-13)17-9-8-16(18(20)21)14-6-3-4-7-15(14)17/h3-4,6-9,13H,2,5,10-12H2,1H3,(H,20,21). The van der Waals surface area contributed by atoms with E-state index < -0.39 is 5.97 Å². The Hall–Kier alpha value is -2.03. The highest BCUT2D eigenvalue weighted by atomic mass is 16.4. The Morgan fingerprint density at radius 1 is 1.24 bits per heavy atom. The Kier molecular flexibility index (Phi) is 3.82. The SMILES string of the molecule is CCCC1CCN(c2ccc(C(=O)O)c3ccccc23)C1. The number of hydrogen-bond acceptors (Lipinski definition) is 2. The van der Waals surface area contributed by atoms with Crippen molar-refractivity contribution in [2.24, 2.45) is 5.92 Å². The average Bonchev–Trinajstić information content (AvgIpc) is 2.94. The molecule has 2 aromatic rings. The number of benzene rings is 2. The summed E-state index contributed by atoms with van der Waals surface area (Å²) in [6.45, 7) is 4.39. The van der Waals surface area contributed by atoms with Crippen LogP contribution < -0.4 is 4.90 Å². The summed E-state index contributed by atoms with van der Waals surface area (Å²) in [5.74, 6) is -0.0871. The molecule has 1 atom stereocenters. The molecule has 1 aliphatic heterocycles. The highest BCUT2D eigenvalue weighted by Gasteiger charge is 2.23. The molecule has 3 heteroatoms. The average molecular weight is 283 g/mol. The first-order chi connectivity index (χ1) is 10.2. The topological polar surface area (TPSA) is 40.5 Å². The van der Waals surface area contributed by atoms with Crippen molar-refractivity contribution in [3.05, 3.63) is 42.0 Å². The Morgan fingerprint density at radius 2 is 2.00 bits per heavy atom. The van der Waals surface area contributed by atoms with Gasteiger partial charge in [0.2, 0.25) is 0 Å². The smallest absolute Gasteiger partial charge is 0.336 e. The van der Waals surface area contributed by atoms with E-state index in [1.54, 1.807) is 6.07 Å². The van der Waals surface area contributed by atoms with E-state index in [1.807, 2.05) is 30.3 Å². The zero-order valence-corrected chi connectivity index (χ0v) is 12.4. The van der Waals surface area contributed by atoms with Crippen LogP contribution in [-0.4, -0.2) is 24.2 Å². The number of rotatable bonds is 4. The molecular formula is C18H21NO2. The lowest BCUT2D eigenvalue weighted by Gasteiger charge is -2.21. The highest BCUT2D eigenvalue weighted by Crippen LogP contribution is 2.33. The molecule has 3 rings (SSSR count). The molecule has 3 nitrogen and oxygen atoms in total. The first-order valence-corrected chi connectivity index (χ1v) is 7.70. The van der Waals surface area contributed by atoms with Gasteiger partial charge in [-0.2, -0.15) is 0 Å². The molecule has 0 aliphatic carbocycles. The highest BCUT2D eigenvalue weighted by molar-refractivity contribution is 6.07.